The van der Waals surface area contributed by atoms with Gasteiger partial charge in [-0.15, -0.1) is 0 Å². The molecule has 2 N–H and O–H groups in total. The van der Waals surface area contributed by atoms with E-state index in [2.05, 4.69) is 9.97 Å². The zero-order valence-electron chi connectivity index (χ0n) is 17.1. The van der Waals surface area contributed by atoms with Crippen LogP contribution in [0.3, 0.4) is 0 Å². The molecule has 7 heteroatoms. The van der Waals surface area contributed by atoms with Gasteiger partial charge in [-0.05, 0) is 36.2 Å². The first-order valence-electron chi connectivity index (χ1n) is 10.1. The molecule has 0 unspecified atom stereocenters. The number of hydrogen-bond donors (Lipinski definition) is 2. The molecule has 0 bridgehead atoms. The molecule has 0 aliphatic rings. The van der Waals surface area contributed by atoms with Crippen molar-refractivity contribution in [2.45, 2.75) is 19.9 Å². The molecule has 0 spiro atoms. The molecule has 0 atom stereocenters. The lowest BCUT2D eigenvalue weighted by atomic mass is 10.1. The second-order valence-electron chi connectivity index (χ2n) is 7.24. The van der Waals surface area contributed by atoms with Crippen molar-refractivity contribution in [3.8, 4) is 0 Å². The van der Waals surface area contributed by atoms with Crippen molar-refractivity contribution in [2.24, 2.45) is 0 Å². The van der Waals surface area contributed by atoms with Gasteiger partial charge in [0.2, 0.25) is 0 Å². The summed E-state index contributed by atoms with van der Waals surface area (Å²) >= 11 is 0. The Labute approximate surface area is 179 Å². The lowest BCUT2D eigenvalue weighted by molar-refractivity contribution is 0.201. The number of nitrogens with one attached hydrogen (secondary N) is 1. The van der Waals surface area contributed by atoms with Crippen LogP contribution in [-0.4, -0.2) is 27.7 Å². The van der Waals surface area contributed by atoms with Crippen molar-refractivity contribution in [2.75, 3.05) is 16.3 Å². The van der Waals surface area contributed by atoms with Crippen molar-refractivity contribution in [1.29, 1.82) is 0 Å². The number of H-pyrrole nitrogens is 1. The van der Waals surface area contributed by atoms with Crippen molar-refractivity contribution < 1.29 is 14.3 Å². The first-order valence-corrected chi connectivity index (χ1v) is 10.1. The van der Waals surface area contributed by atoms with Crippen molar-refractivity contribution >= 4 is 34.1 Å². The molecule has 4 rings (SSSR count). The Morgan fingerprint density at radius 2 is 1.94 bits per heavy atom. The Morgan fingerprint density at radius 3 is 2.65 bits per heavy atom. The van der Waals surface area contributed by atoms with Crippen LogP contribution in [0.4, 0.5) is 26.2 Å². The number of pyridine rings is 1. The number of amides is 1. The summed E-state index contributed by atoms with van der Waals surface area (Å²) < 4.78 is 14.5. The van der Waals surface area contributed by atoms with Gasteiger partial charge in [0.25, 0.3) is 0 Å². The van der Waals surface area contributed by atoms with Crippen LogP contribution in [0.25, 0.3) is 10.9 Å². The van der Waals surface area contributed by atoms with Gasteiger partial charge in [-0.2, -0.15) is 0 Å². The van der Waals surface area contributed by atoms with E-state index in [0.717, 1.165) is 28.6 Å². The maximum atomic E-state index is 14.5. The zero-order valence-corrected chi connectivity index (χ0v) is 17.1. The number of rotatable bonds is 7. The van der Waals surface area contributed by atoms with Gasteiger partial charge in [-0.3, -0.25) is 9.88 Å². The van der Waals surface area contributed by atoms with E-state index < -0.39 is 11.9 Å². The lowest BCUT2D eigenvalue weighted by Crippen LogP contribution is -2.28. The highest BCUT2D eigenvalue weighted by molar-refractivity contribution is 5.99. The Bertz CT molecular complexity index is 1190. The predicted octanol–water partition coefficient (Wildman–Crippen LogP) is 5.93. The largest absolute Gasteiger partial charge is 0.465 e. The van der Waals surface area contributed by atoms with Crippen LogP contribution >= 0.6 is 0 Å². The molecule has 0 saturated carbocycles. The third-order valence-electron chi connectivity index (χ3n) is 5.15. The van der Waals surface area contributed by atoms with Gasteiger partial charge in [0.1, 0.15) is 0 Å². The Hall–Kier alpha value is -3.87. The van der Waals surface area contributed by atoms with Gasteiger partial charge in [0.15, 0.2) is 5.82 Å². The lowest BCUT2D eigenvalue weighted by Gasteiger charge is -2.24. The number of anilines is 3. The molecular formula is C24H23FN4O2. The summed E-state index contributed by atoms with van der Waals surface area (Å²) in [6, 6.07) is 16.6. The van der Waals surface area contributed by atoms with Crippen LogP contribution in [0.2, 0.25) is 0 Å². The third kappa shape index (κ3) is 4.21. The van der Waals surface area contributed by atoms with Crippen LogP contribution in [0.5, 0.6) is 0 Å². The van der Waals surface area contributed by atoms with E-state index in [1.807, 2.05) is 60.5 Å². The number of carboxylic acid groups (broad SMARTS) is 1. The fourth-order valence-electron chi connectivity index (χ4n) is 3.70. The minimum atomic E-state index is -1.04. The van der Waals surface area contributed by atoms with Crippen LogP contribution in [0.1, 0.15) is 18.9 Å². The number of carbonyl (C=O) groups is 1. The molecule has 1 amide bonds. The number of nitrogens with zero attached hydrogens (tertiary/aromatic N) is 3. The van der Waals surface area contributed by atoms with Crippen LogP contribution in [0.15, 0.2) is 73.2 Å². The highest BCUT2D eigenvalue weighted by atomic mass is 19.1. The monoisotopic (exact) mass is 418 g/mol. The molecule has 6 nitrogen and oxygen atoms in total. The number of fused-ring (bicyclic) bond motifs is 1. The first kappa shape index (κ1) is 20.4. The van der Waals surface area contributed by atoms with Gasteiger partial charge in [-0.25, -0.2) is 9.18 Å². The number of aromatic amines is 1. The maximum absolute atomic E-state index is 14.5. The fourth-order valence-corrected chi connectivity index (χ4v) is 3.70. The second kappa shape index (κ2) is 8.87. The predicted molar refractivity (Wildman–Crippen MR) is 120 cm³/mol. The minimum absolute atomic E-state index is 0.235. The van der Waals surface area contributed by atoms with Gasteiger partial charge in [-0.1, -0.05) is 37.3 Å². The third-order valence-corrected chi connectivity index (χ3v) is 5.15. The Kier molecular flexibility index (Phi) is 5.84. The molecule has 0 fully saturated rings. The van der Waals surface area contributed by atoms with Gasteiger partial charge < -0.3 is 15.0 Å². The highest BCUT2D eigenvalue weighted by Crippen LogP contribution is 2.36. The van der Waals surface area contributed by atoms with Crippen molar-refractivity contribution in [1.82, 2.24) is 9.97 Å². The molecule has 0 saturated heterocycles. The molecule has 158 valence electrons. The van der Waals surface area contributed by atoms with Crippen LogP contribution in [0, 0.1) is 5.82 Å². The molecule has 0 aliphatic carbocycles. The smallest absolute Gasteiger partial charge is 0.412 e. The van der Waals surface area contributed by atoms with E-state index in [9.17, 15) is 14.3 Å². The normalized spacial score (nSPS) is 10.9. The van der Waals surface area contributed by atoms with E-state index in [-0.39, 0.29) is 6.54 Å². The minimum Gasteiger partial charge on any atom is -0.465 e. The summed E-state index contributed by atoms with van der Waals surface area (Å²) in [7, 11) is 0. The fraction of sp³-hybridized carbons (Fsp3) is 0.167. The Morgan fingerprint density at radius 1 is 1.13 bits per heavy atom. The summed E-state index contributed by atoms with van der Waals surface area (Å²) in [6.07, 6.45) is 4.36. The quantitative estimate of drug-likeness (QED) is 0.390. The zero-order chi connectivity index (χ0) is 21.8. The molecule has 2 aromatic heterocycles. The van der Waals surface area contributed by atoms with E-state index in [1.54, 1.807) is 18.3 Å². The summed E-state index contributed by atoms with van der Waals surface area (Å²) in [6.45, 7) is 2.86. The van der Waals surface area contributed by atoms with Gasteiger partial charge >= 0.3 is 6.09 Å². The van der Waals surface area contributed by atoms with Gasteiger partial charge in [0.05, 0.1) is 24.1 Å². The molecule has 2 heterocycles. The SMILES string of the molecule is CCCN(c1ccncc1F)c1c[nH]c2ccc(N(Cc3ccccc3)C(=O)O)cc12. The van der Waals surface area contributed by atoms with Crippen LogP contribution in [-0.2, 0) is 6.54 Å². The van der Waals surface area contributed by atoms with E-state index in [1.165, 1.54) is 11.1 Å². The van der Waals surface area contributed by atoms with Gasteiger partial charge in [0, 0.05) is 35.5 Å². The molecule has 0 aliphatic heterocycles. The van der Waals surface area contributed by atoms with Crippen molar-refractivity contribution in [3.63, 3.8) is 0 Å². The summed E-state index contributed by atoms with van der Waals surface area (Å²) in [5.74, 6) is -0.405. The molecule has 4 aromatic rings. The molecular weight excluding hydrogens is 395 g/mol. The first-order chi connectivity index (χ1) is 15.1. The molecule has 31 heavy (non-hydrogen) atoms. The van der Waals surface area contributed by atoms with E-state index >= 15 is 0 Å². The number of benzene rings is 2. The average Bonchev–Trinajstić information content (AvgIpc) is 3.20. The average molecular weight is 418 g/mol. The topological polar surface area (TPSA) is 72.5 Å². The highest BCUT2D eigenvalue weighted by Gasteiger charge is 2.20. The standard InChI is InChI=1S/C24H23FN4O2/c1-2-12-28(22-10-11-26-14-20(22)25)23-15-27-21-9-8-18(13-19(21)23)29(24(30)31)16-17-6-4-3-5-7-17/h3-11,13-15,27H,2,12,16H2,1H3,(H,30,31). The Balaban J connectivity index is 1.77. The van der Waals surface area contributed by atoms with Crippen LogP contribution < -0.4 is 9.80 Å². The van der Waals surface area contributed by atoms with Crippen molar-refractivity contribution in [3.05, 3.63) is 84.6 Å². The number of halogens is 1. The maximum Gasteiger partial charge on any atom is 0.412 e. The summed E-state index contributed by atoms with van der Waals surface area (Å²) in [4.78, 5) is 22.3. The second-order valence-corrected chi connectivity index (χ2v) is 7.24. The number of aromatic nitrogens is 2. The summed E-state index contributed by atoms with van der Waals surface area (Å²) in [5, 5.41) is 10.7. The van der Waals surface area contributed by atoms with E-state index in [0.29, 0.717) is 17.9 Å². The molecule has 0 radical (unpaired) electrons. The van der Waals surface area contributed by atoms with E-state index in [4.69, 9.17) is 0 Å². The summed E-state index contributed by atoms with van der Waals surface area (Å²) in [5.41, 5.74) is 3.51. The number of hydrogen-bond acceptors (Lipinski definition) is 3. The molecule has 2 aromatic carbocycles.